The highest BCUT2D eigenvalue weighted by Gasteiger charge is 2.16. The van der Waals surface area contributed by atoms with E-state index in [2.05, 4.69) is 5.32 Å². The lowest BCUT2D eigenvalue weighted by Crippen LogP contribution is -2.14. The van der Waals surface area contributed by atoms with Crippen molar-refractivity contribution >= 4 is 29.3 Å². The number of rotatable bonds is 5. The molecule has 0 aliphatic heterocycles. The zero-order chi connectivity index (χ0) is 15.4. The molecule has 1 amide bonds. The van der Waals surface area contributed by atoms with E-state index in [0.717, 1.165) is 12.1 Å². The van der Waals surface area contributed by atoms with E-state index >= 15 is 0 Å². The summed E-state index contributed by atoms with van der Waals surface area (Å²) in [6.45, 7) is 0. The smallest absolute Gasteiger partial charge is 0.337 e. The van der Waals surface area contributed by atoms with E-state index < -0.39 is 17.7 Å². The number of amides is 1. The summed E-state index contributed by atoms with van der Waals surface area (Å²) >= 11 is 1.55. The molecule has 0 radical (unpaired) electrons. The number of carbonyl (C=O) groups is 2. The van der Waals surface area contributed by atoms with Crippen molar-refractivity contribution < 1.29 is 23.5 Å². The van der Waals surface area contributed by atoms with Crippen LogP contribution >= 0.6 is 11.8 Å². The molecule has 1 aromatic heterocycles. The molecule has 2 rings (SSSR count). The molecule has 2 N–H and O–H groups in total. The third kappa shape index (κ3) is 3.63. The summed E-state index contributed by atoms with van der Waals surface area (Å²) in [5.41, 5.74) is -0.309. The zero-order valence-corrected chi connectivity index (χ0v) is 11.9. The molecule has 0 saturated carbocycles. The fourth-order valence-electron chi connectivity index (χ4n) is 1.71. The van der Waals surface area contributed by atoms with Crippen molar-refractivity contribution in [1.82, 2.24) is 0 Å². The first-order valence-corrected chi connectivity index (χ1v) is 7.32. The summed E-state index contributed by atoms with van der Waals surface area (Å²) in [6.07, 6.45) is 1.90. The van der Waals surface area contributed by atoms with Crippen molar-refractivity contribution in [3.8, 4) is 0 Å². The van der Waals surface area contributed by atoms with Crippen LogP contribution in [0.3, 0.4) is 0 Å². The number of furan rings is 1. The Bertz CT molecular complexity index is 683. The number of hydrogen-bond donors (Lipinski definition) is 2. The molecule has 7 heteroatoms. The maximum Gasteiger partial charge on any atom is 0.337 e. The molecule has 5 nitrogen and oxygen atoms in total. The minimum atomic E-state index is -1.33. The number of halogens is 1. The number of benzene rings is 1. The fraction of sp³-hybridized carbons (Fsp3) is 0.143. The fourth-order valence-corrected chi connectivity index (χ4v) is 2.15. The highest BCUT2D eigenvalue weighted by atomic mass is 32.2. The first-order chi connectivity index (χ1) is 10.0. The van der Waals surface area contributed by atoms with Gasteiger partial charge >= 0.3 is 5.97 Å². The monoisotopic (exact) mass is 309 g/mol. The van der Waals surface area contributed by atoms with Crippen molar-refractivity contribution in [2.45, 2.75) is 5.75 Å². The number of carboxylic acid groups (broad SMARTS) is 1. The molecule has 0 atom stereocenters. The highest BCUT2D eigenvalue weighted by Crippen LogP contribution is 2.19. The second-order valence-electron chi connectivity index (χ2n) is 4.15. The predicted octanol–water partition coefficient (Wildman–Crippen LogP) is 3.23. The van der Waals surface area contributed by atoms with Crippen LogP contribution < -0.4 is 5.32 Å². The van der Waals surface area contributed by atoms with Gasteiger partial charge in [0, 0.05) is 0 Å². The van der Waals surface area contributed by atoms with E-state index in [4.69, 9.17) is 9.52 Å². The number of carbonyl (C=O) groups excluding carboxylic acids is 1. The summed E-state index contributed by atoms with van der Waals surface area (Å²) in [4.78, 5) is 23.0. The van der Waals surface area contributed by atoms with Gasteiger partial charge in [-0.15, -0.1) is 0 Å². The minimum absolute atomic E-state index is 0.0108. The quantitative estimate of drug-likeness (QED) is 0.886. The first kappa shape index (κ1) is 15.1. The van der Waals surface area contributed by atoms with E-state index in [-0.39, 0.29) is 17.0 Å². The van der Waals surface area contributed by atoms with E-state index in [0.29, 0.717) is 11.5 Å². The Labute approximate surface area is 124 Å². The molecule has 0 unspecified atom stereocenters. The Kier molecular flexibility index (Phi) is 4.64. The molecular weight excluding hydrogens is 297 g/mol. The summed E-state index contributed by atoms with van der Waals surface area (Å²) in [6, 6.07) is 6.30. The number of hydrogen-bond acceptors (Lipinski definition) is 4. The van der Waals surface area contributed by atoms with Crippen LogP contribution in [0.2, 0.25) is 0 Å². The molecular formula is C14H12FNO4S. The number of thioether (sulfide) groups is 1. The molecule has 0 aliphatic carbocycles. The third-order valence-corrected chi connectivity index (χ3v) is 3.21. The number of aromatic carboxylic acids is 1. The van der Waals surface area contributed by atoms with Gasteiger partial charge in [-0.3, -0.25) is 4.79 Å². The van der Waals surface area contributed by atoms with Gasteiger partial charge in [0.2, 0.25) is 0 Å². The van der Waals surface area contributed by atoms with Gasteiger partial charge in [0.15, 0.2) is 5.76 Å². The van der Waals surface area contributed by atoms with Gasteiger partial charge in [-0.2, -0.15) is 11.8 Å². The van der Waals surface area contributed by atoms with Crippen LogP contribution in [0.15, 0.2) is 34.7 Å². The first-order valence-electron chi connectivity index (χ1n) is 5.93. The molecule has 1 heterocycles. The standard InChI is InChI=1S/C14H12FNO4S/c1-21-7-9-3-5-12(20-9)13(17)16-11-4-2-8(15)6-10(11)14(18)19/h2-6H,7H2,1H3,(H,16,17)(H,18,19). The van der Waals surface area contributed by atoms with Gasteiger partial charge in [-0.25, -0.2) is 9.18 Å². The normalized spacial score (nSPS) is 10.4. The second kappa shape index (κ2) is 6.45. The van der Waals surface area contributed by atoms with Crippen LogP contribution in [0.5, 0.6) is 0 Å². The van der Waals surface area contributed by atoms with Gasteiger partial charge in [-0.05, 0) is 36.6 Å². The van der Waals surface area contributed by atoms with Gasteiger partial charge in [-0.1, -0.05) is 0 Å². The molecule has 0 fully saturated rings. The van der Waals surface area contributed by atoms with Crippen molar-refractivity contribution in [3.63, 3.8) is 0 Å². The number of anilines is 1. The number of nitrogens with one attached hydrogen (secondary N) is 1. The Morgan fingerprint density at radius 1 is 1.33 bits per heavy atom. The van der Waals surface area contributed by atoms with Gasteiger partial charge in [0.25, 0.3) is 5.91 Å². The molecule has 2 aromatic rings. The largest absolute Gasteiger partial charge is 0.478 e. The molecule has 0 saturated heterocycles. The summed E-state index contributed by atoms with van der Waals surface area (Å²) in [7, 11) is 0. The Morgan fingerprint density at radius 2 is 2.10 bits per heavy atom. The number of carboxylic acids is 1. The summed E-state index contributed by atoms with van der Waals surface area (Å²) in [5, 5.41) is 11.4. The Morgan fingerprint density at radius 3 is 2.76 bits per heavy atom. The van der Waals surface area contributed by atoms with Crippen LogP contribution in [0.4, 0.5) is 10.1 Å². The van der Waals surface area contributed by atoms with Crippen molar-refractivity contribution in [3.05, 3.63) is 53.2 Å². The minimum Gasteiger partial charge on any atom is -0.478 e. The lowest BCUT2D eigenvalue weighted by atomic mass is 10.1. The Balaban J connectivity index is 2.20. The van der Waals surface area contributed by atoms with Crippen LogP contribution in [-0.2, 0) is 5.75 Å². The van der Waals surface area contributed by atoms with Gasteiger partial charge in [0.1, 0.15) is 11.6 Å². The Hall–Kier alpha value is -2.28. The van der Waals surface area contributed by atoms with Crippen LogP contribution in [-0.4, -0.2) is 23.2 Å². The van der Waals surface area contributed by atoms with Crippen LogP contribution in [0, 0.1) is 5.82 Å². The molecule has 110 valence electrons. The van der Waals surface area contributed by atoms with E-state index in [1.807, 2.05) is 6.26 Å². The predicted molar refractivity (Wildman–Crippen MR) is 77.2 cm³/mol. The lowest BCUT2D eigenvalue weighted by Gasteiger charge is -2.07. The van der Waals surface area contributed by atoms with Crippen molar-refractivity contribution in [2.24, 2.45) is 0 Å². The molecule has 0 spiro atoms. The molecule has 21 heavy (non-hydrogen) atoms. The molecule has 1 aromatic carbocycles. The summed E-state index contributed by atoms with van der Waals surface area (Å²) in [5.74, 6) is -1.26. The summed E-state index contributed by atoms with van der Waals surface area (Å²) < 4.78 is 18.4. The van der Waals surface area contributed by atoms with Crippen molar-refractivity contribution in [2.75, 3.05) is 11.6 Å². The highest BCUT2D eigenvalue weighted by molar-refractivity contribution is 7.97. The van der Waals surface area contributed by atoms with Crippen LogP contribution in [0.25, 0.3) is 0 Å². The molecule has 0 aliphatic rings. The van der Waals surface area contributed by atoms with Crippen molar-refractivity contribution in [1.29, 1.82) is 0 Å². The van der Waals surface area contributed by atoms with Gasteiger partial charge in [0.05, 0.1) is 17.0 Å². The average Bonchev–Trinajstić information content (AvgIpc) is 2.89. The van der Waals surface area contributed by atoms with E-state index in [1.54, 1.807) is 17.8 Å². The second-order valence-corrected chi connectivity index (χ2v) is 5.01. The van der Waals surface area contributed by atoms with E-state index in [1.165, 1.54) is 12.1 Å². The SMILES string of the molecule is CSCc1ccc(C(=O)Nc2ccc(F)cc2C(=O)O)o1. The topological polar surface area (TPSA) is 79.5 Å². The maximum absolute atomic E-state index is 13.1. The van der Waals surface area contributed by atoms with E-state index in [9.17, 15) is 14.0 Å². The zero-order valence-electron chi connectivity index (χ0n) is 11.1. The maximum atomic E-state index is 13.1. The third-order valence-electron chi connectivity index (χ3n) is 2.63. The average molecular weight is 309 g/mol. The van der Waals surface area contributed by atoms with Gasteiger partial charge < -0.3 is 14.8 Å². The lowest BCUT2D eigenvalue weighted by molar-refractivity contribution is 0.0697. The molecule has 0 bridgehead atoms. The van der Waals surface area contributed by atoms with Crippen LogP contribution in [0.1, 0.15) is 26.7 Å².